The van der Waals surface area contributed by atoms with E-state index in [-0.39, 0.29) is 12.1 Å². The van der Waals surface area contributed by atoms with Gasteiger partial charge in [-0.25, -0.2) is 4.39 Å². The number of alkyl halides is 1. The van der Waals surface area contributed by atoms with Crippen LogP contribution in [0.5, 0.6) is 0 Å². The SMILES string of the molecule is CO[C@H]1CN[C@H](C(F)(c2ccccc2)c2ccccc2)C1. The van der Waals surface area contributed by atoms with Crippen molar-refractivity contribution in [2.75, 3.05) is 13.7 Å². The summed E-state index contributed by atoms with van der Waals surface area (Å²) < 4.78 is 21.5. The van der Waals surface area contributed by atoms with Crippen molar-refractivity contribution in [1.82, 2.24) is 5.32 Å². The van der Waals surface area contributed by atoms with E-state index in [0.717, 1.165) is 0 Å². The van der Waals surface area contributed by atoms with Crippen molar-refractivity contribution in [3.63, 3.8) is 0 Å². The van der Waals surface area contributed by atoms with Crippen LogP contribution in [0.15, 0.2) is 60.7 Å². The highest BCUT2D eigenvalue weighted by atomic mass is 19.1. The molecule has 1 aliphatic rings. The Hall–Kier alpha value is -1.71. The van der Waals surface area contributed by atoms with E-state index < -0.39 is 5.67 Å². The summed E-state index contributed by atoms with van der Waals surface area (Å²) in [4.78, 5) is 0. The second-order valence-corrected chi connectivity index (χ2v) is 5.50. The van der Waals surface area contributed by atoms with Crippen LogP contribution in [-0.2, 0) is 10.4 Å². The van der Waals surface area contributed by atoms with Crippen molar-refractivity contribution in [1.29, 1.82) is 0 Å². The lowest BCUT2D eigenvalue weighted by Gasteiger charge is -2.32. The molecule has 0 bridgehead atoms. The number of nitrogens with one attached hydrogen (secondary N) is 1. The maximum absolute atomic E-state index is 16.2. The van der Waals surface area contributed by atoms with Crippen molar-refractivity contribution >= 4 is 0 Å². The Balaban J connectivity index is 2.04. The Bertz CT molecular complexity index is 533. The molecule has 0 saturated carbocycles. The number of halogens is 1. The maximum Gasteiger partial charge on any atom is 0.176 e. The molecule has 0 aromatic heterocycles. The lowest BCUT2D eigenvalue weighted by Crippen LogP contribution is -2.42. The predicted octanol–water partition coefficient (Wildman–Crippen LogP) is 3.28. The number of methoxy groups -OCH3 is 1. The van der Waals surface area contributed by atoms with Crippen LogP contribution >= 0.6 is 0 Å². The monoisotopic (exact) mass is 285 g/mol. The molecule has 0 radical (unpaired) electrons. The predicted molar refractivity (Wildman–Crippen MR) is 82.0 cm³/mol. The highest BCUT2D eigenvalue weighted by molar-refractivity contribution is 5.38. The highest BCUT2D eigenvalue weighted by Gasteiger charge is 2.46. The molecule has 0 amide bonds. The standard InChI is InChI=1S/C18H20FNO/c1-21-16-12-17(20-13-16)18(19,14-8-4-2-5-9-14)15-10-6-3-7-11-15/h2-11,16-17,20H,12-13H2,1H3/t16-,17+/m1/s1. The first kappa shape index (κ1) is 14.2. The fourth-order valence-electron chi connectivity index (χ4n) is 3.12. The summed E-state index contributed by atoms with van der Waals surface area (Å²) in [5.41, 5.74) is -0.175. The first-order chi connectivity index (χ1) is 10.2. The summed E-state index contributed by atoms with van der Waals surface area (Å²) in [6, 6.07) is 18.5. The molecule has 2 nitrogen and oxygen atoms in total. The third kappa shape index (κ3) is 2.59. The first-order valence-electron chi connectivity index (χ1n) is 7.31. The lowest BCUT2D eigenvalue weighted by molar-refractivity contribution is 0.103. The molecule has 0 aliphatic carbocycles. The van der Waals surface area contributed by atoms with Gasteiger partial charge < -0.3 is 10.1 Å². The molecule has 3 heteroatoms. The van der Waals surface area contributed by atoms with Gasteiger partial charge in [0.15, 0.2) is 5.67 Å². The van der Waals surface area contributed by atoms with Crippen LogP contribution in [-0.4, -0.2) is 25.8 Å². The Kier molecular flexibility index (Phi) is 4.04. The Morgan fingerprint density at radius 2 is 1.52 bits per heavy atom. The van der Waals surface area contributed by atoms with E-state index in [1.165, 1.54) is 0 Å². The number of rotatable bonds is 4. The quantitative estimate of drug-likeness (QED) is 0.931. The van der Waals surface area contributed by atoms with Crippen molar-refractivity contribution in [3.05, 3.63) is 71.8 Å². The Morgan fingerprint density at radius 3 is 1.95 bits per heavy atom. The molecule has 21 heavy (non-hydrogen) atoms. The van der Waals surface area contributed by atoms with E-state index >= 15 is 4.39 Å². The molecule has 2 atom stereocenters. The fraction of sp³-hybridized carbons (Fsp3) is 0.333. The van der Waals surface area contributed by atoms with Gasteiger partial charge in [-0.05, 0) is 17.5 Å². The zero-order valence-corrected chi connectivity index (χ0v) is 12.1. The number of benzene rings is 2. The second-order valence-electron chi connectivity index (χ2n) is 5.50. The van der Waals surface area contributed by atoms with Crippen LogP contribution in [0.2, 0.25) is 0 Å². The van der Waals surface area contributed by atoms with Gasteiger partial charge in [0.05, 0.1) is 12.1 Å². The van der Waals surface area contributed by atoms with Gasteiger partial charge in [-0.1, -0.05) is 60.7 Å². The molecule has 1 saturated heterocycles. The molecule has 1 fully saturated rings. The summed E-state index contributed by atoms with van der Waals surface area (Å²) in [5.74, 6) is 0. The van der Waals surface area contributed by atoms with E-state index in [2.05, 4.69) is 5.32 Å². The van der Waals surface area contributed by atoms with Gasteiger partial charge in [-0.2, -0.15) is 0 Å². The normalized spacial score (nSPS) is 22.4. The molecular weight excluding hydrogens is 265 g/mol. The zero-order chi connectivity index (χ0) is 14.7. The molecule has 3 rings (SSSR count). The Morgan fingerprint density at radius 1 is 1.00 bits per heavy atom. The maximum atomic E-state index is 16.2. The average molecular weight is 285 g/mol. The number of hydrogen-bond donors (Lipinski definition) is 1. The van der Waals surface area contributed by atoms with Gasteiger partial charge in [-0.15, -0.1) is 0 Å². The van der Waals surface area contributed by atoms with Crippen molar-refractivity contribution in [2.24, 2.45) is 0 Å². The average Bonchev–Trinajstić information content (AvgIpc) is 3.05. The molecule has 1 aliphatic heterocycles. The van der Waals surface area contributed by atoms with E-state index in [1.807, 2.05) is 60.7 Å². The van der Waals surface area contributed by atoms with Gasteiger partial charge >= 0.3 is 0 Å². The van der Waals surface area contributed by atoms with Crippen molar-refractivity contribution in [3.8, 4) is 0 Å². The molecular formula is C18H20FNO. The van der Waals surface area contributed by atoms with Crippen LogP contribution in [0.3, 0.4) is 0 Å². The molecule has 1 N–H and O–H groups in total. The molecule has 0 spiro atoms. The van der Waals surface area contributed by atoms with Crippen LogP contribution in [0.25, 0.3) is 0 Å². The number of ether oxygens (including phenoxy) is 1. The largest absolute Gasteiger partial charge is 0.380 e. The van der Waals surface area contributed by atoms with Crippen LogP contribution < -0.4 is 5.32 Å². The topological polar surface area (TPSA) is 21.3 Å². The molecule has 1 heterocycles. The molecule has 0 unspecified atom stereocenters. The third-order valence-electron chi connectivity index (χ3n) is 4.29. The van der Waals surface area contributed by atoms with E-state index in [1.54, 1.807) is 7.11 Å². The first-order valence-corrected chi connectivity index (χ1v) is 7.31. The summed E-state index contributed by atoms with van der Waals surface area (Å²) >= 11 is 0. The summed E-state index contributed by atoms with van der Waals surface area (Å²) in [6.45, 7) is 0.687. The van der Waals surface area contributed by atoms with Crippen molar-refractivity contribution in [2.45, 2.75) is 24.2 Å². The minimum Gasteiger partial charge on any atom is -0.380 e. The van der Waals surface area contributed by atoms with Gasteiger partial charge in [0.1, 0.15) is 0 Å². The Labute approximate surface area is 125 Å². The minimum absolute atomic E-state index is 0.0672. The van der Waals surface area contributed by atoms with Gasteiger partial charge in [-0.3, -0.25) is 0 Å². The summed E-state index contributed by atoms with van der Waals surface area (Å²) in [5, 5.41) is 3.30. The van der Waals surface area contributed by atoms with E-state index in [9.17, 15) is 0 Å². The highest BCUT2D eigenvalue weighted by Crippen LogP contribution is 2.40. The van der Waals surface area contributed by atoms with Gasteiger partial charge in [0, 0.05) is 13.7 Å². The third-order valence-corrected chi connectivity index (χ3v) is 4.29. The van der Waals surface area contributed by atoms with Crippen LogP contribution in [0.4, 0.5) is 4.39 Å². The van der Waals surface area contributed by atoms with Crippen LogP contribution in [0.1, 0.15) is 17.5 Å². The van der Waals surface area contributed by atoms with Crippen molar-refractivity contribution < 1.29 is 9.13 Å². The lowest BCUT2D eigenvalue weighted by atomic mass is 9.81. The molecule has 2 aromatic carbocycles. The fourth-order valence-corrected chi connectivity index (χ4v) is 3.12. The second kappa shape index (κ2) is 5.96. The minimum atomic E-state index is -1.55. The smallest absolute Gasteiger partial charge is 0.176 e. The van der Waals surface area contributed by atoms with Gasteiger partial charge in [0.25, 0.3) is 0 Å². The van der Waals surface area contributed by atoms with Gasteiger partial charge in [0.2, 0.25) is 0 Å². The summed E-state index contributed by atoms with van der Waals surface area (Å²) in [7, 11) is 1.68. The number of hydrogen-bond acceptors (Lipinski definition) is 2. The molecule has 110 valence electrons. The summed E-state index contributed by atoms with van der Waals surface area (Å²) in [6.07, 6.45) is 0.731. The van der Waals surface area contributed by atoms with Crippen LogP contribution in [0, 0.1) is 0 Å². The van der Waals surface area contributed by atoms with E-state index in [4.69, 9.17) is 4.74 Å². The zero-order valence-electron chi connectivity index (χ0n) is 12.1. The van der Waals surface area contributed by atoms with E-state index in [0.29, 0.717) is 24.1 Å². The molecule has 2 aromatic rings.